The van der Waals surface area contributed by atoms with Gasteiger partial charge in [-0.2, -0.15) is 0 Å². The Kier molecular flexibility index (Phi) is 5.92. The van der Waals surface area contributed by atoms with Crippen molar-refractivity contribution in [2.75, 3.05) is 13.7 Å². The van der Waals surface area contributed by atoms with Crippen LogP contribution in [0, 0.1) is 6.92 Å². The van der Waals surface area contributed by atoms with E-state index in [4.69, 9.17) is 24.2 Å². The number of nitrogens with zero attached hydrogens (tertiary/aromatic N) is 2. The highest BCUT2D eigenvalue weighted by atomic mass is 28.3. The van der Waals surface area contributed by atoms with E-state index in [1.165, 1.54) is 7.11 Å². The van der Waals surface area contributed by atoms with Crippen molar-refractivity contribution in [3.05, 3.63) is 18.0 Å². The summed E-state index contributed by atoms with van der Waals surface area (Å²) in [4.78, 5) is 4.48. The van der Waals surface area contributed by atoms with Gasteiger partial charge in [0.25, 0.3) is 0 Å². The van der Waals surface area contributed by atoms with Gasteiger partial charge in [0.2, 0.25) is 0 Å². The van der Waals surface area contributed by atoms with Gasteiger partial charge in [0.15, 0.2) is 5.75 Å². The number of imidazole rings is 1. The van der Waals surface area contributed by atoms with Crippen LogP contribution in [0.5, 0.6) is 11.5 Å². The first kappa shape index (κ1) is 18.8. The molecule has 1 aromatic heterocycles. The van der Waals surface area contributed by atoms with Crippen LogP contribution in [0.25, 0.3) is 11.0 Å². The first-order valence-electron chi connectivity index (χ1n) is 7.86. The Bertz CT molecular complexity index is 699. The molecule has 0 aliphatic carbocycles. The molecule has 7 nitrogen and oxygen atoms in total. The molecular weight excluding hydrogens is 327 g/mol. The fourth-order valence-electron chi connectivity index (χ4n) is 2.32. The molecule has 0 unspecified atom stereocenters. The van der Waals surface area contributed by atoms with Crippen LogP contribution in [0.4, 0.5) is 0 Å². The molecular formula is C15H25BN2O5Si. The summed E-state index contributed by atoms with van der Waals surface area (Å²) in [6.45, 7) is 9.99. The van der Waals surface area contributed by atoms with Gasteiger partial charge in [-0.25, -0.2) is 4.98 Å². The summed E-state index contributed by atoms with van der Waals surface area (Å²) in [6.07, 6.45) is 0. The van der Waals surface area contributed by atoms with Crippen molar-refractivity contribution in [2.24, 2.45) is 0 Å². The van der Waals surface area contributed by atoms with Gasteiger partial charge in [-0.15, -0.1) is 0 Å². The lowest BCUT2D eigenvalue weighted by Gasteiger charge is -2.16. The molecule has 0 saturated carbocycles. The van der Waals surface area contributed by atoms with Crippen molar-refractivity contribution in [3.8, 4) is 11.5 Å². The van der Waals surface area contributed by atoms with Crippen LogP contribution in [0.15, 0.2) is 12.1 Å². The molecule has 0 bridgehead atoms. The molecule has 0 aliphatic heterocycles. The third-order valence-corrected chi connectivity index (χ3v) is 5.38. The molecule has 9 heteroatoms. The Labute approximate surface area is 143 Å². The second-order valence-corrected chi connectivity index (χ2v) is 12.5. The van der Waals surface area contributed by atoms with Crippen LogP contribution in [0.3, 0.4) is 0 Å². The lowest BCUT2D eigenvalue weighted by atomic mass is 10.2. The molecule has 1 heterocycles. The highest BCUT2D eigenvalue weighted by molar-refractivity contribution is 6.76. The Morgan fingerprint density at radius 2 is 1.92 bits per heavy atom. The number of aromatic nitrogens is 2. The second-order valence-electron chi connectivity index (χ2n) is 6.87. The number of benzene rings is 1. The molecule has 24 heavy (non-hydrogen) atoms. The highest BCUT2D eigenvalue weighted by Gasteiger charge is 2.19. The van der Waals surface area contributed by atoms with Crippen LogP contribution in [0.1, 0.15) is 5.82 Å². The van der Waals surface area contributed by atoms with E-state index in [0.29, 0.717) is 18.0 Å². The van der Waals surface area contributed by atoms with E-state index in [1.807, 2.05) is 11.5 Å². The van der Waals surface area contributed by atoms with E-state index < -0.39 is 15.4 Å². The van der Waals surface area contributed by atoms with Crippen LogP contribution in [0.2, 0.25) is 25.7 Å². The minimum atomic E-state index is -1.91. The third kappa shape index (κ3) is 4.73. The topological polar surface area (TPSA) is 86.0 Å². The maximum absolute atomic E-state index is 9.00. The Balaban J connectivity index is 2.23. The van der Waals surface area contributed by atoms with Crippen molar-refractivity contribution in [2.45, 2.75) is 39.3 Å². The number of hydrogen-bond acceptors (Lipinski definition) is 6. The van der Waals surface area contributed by atoms with Gasteiger partial charge in [-0.05, 0) is 13.0 Å². The Morgan fingerprint density at radius 1 is 1.21 bits per heavy atom. The number of rotatable bonds is 8. The van der Waals surface area contributed by atoms with E-state index >= 15 is 0 Å². The fourth-order valence-corrected chi connectivity index (χ4v) is 3.07. The van der Waals surface area contributed by atoms with E-state index in [0.717, 1.165) is 24.0 Å². The fraction of sp³-hybridized carbons (Fsp3) is 0.533. The van der Waals surface area contributed by atoms with Gasteiger partial charge in [0.05, 0.1) is 18.1 Å². The molecule has 0 spiro atoms. The lowest BCUT2D eigenvalue weighted by Crippen LogP contribution is -2.22. The first-order valence-corrected chi connectivity index (χ1v) is 11.6. The molecule has 0 fully saturated rings. The number of fused-ring (bicyclic) bond motifs is 1. The predicted molar refractivity (Wildman–Crippen MR) is 95.9 cm³/mol. The summed E-state index contributed by atoms with van der Waals surface area (Å²) < 4.78 is 18.0. The molecule has 1 aromatic carbocycles. The summed E-state index contributed by atoms with van der Waals surface area (Å²) in [5.74, 6) is 1.44. The first-order chi connectivity index (χ1) is 11.2. The third-order valence-electron chi connectivity index (χ3n) is 3.67. The molecule has 0 atom stereocenters. The van der Waals surface area contributed by atoms with Crippen molar-refractivity contribution in [3.63, 3.8) is 0 Å². The molecule has 0 amide bonds. The molecule has 132 valence electrons. The van der Waals surface area contributed by atoms with E-state index in [-0.39, 0.29) is 5.75 Å². The second kappa shape index (κ2) is 7.56. The molecule has 2 N–H and O–H groups in total. The normalized spacial score (nSPS) is 11.8. The number of ether oxygens (including phenoxy) is 2. The maximum atomic E-state index is 9.00. The SMILES string of the molecule is COc1cc2c(cc1OB(O)O)nc(C)n2COCC[Si](C)(C)C. The zero-order valence-electron chi connectivity index (χ0n) is 14.9. The summed E-state index contributed by atoms with van der Waals surface area (Å²) in [5.41, 5.74) is 1.52. The monoisotopic (exact) mass is 352 g/mol. The lowest BCUT2D eigenvalue weighted by molar-refractivity contribution is 0.0885. The number of hydrogen-bond donors (Lipinski definition) is 2. The van der Waals surface area contributed by atoms with Crippen LogP contribution >= 0.6 is 0 Å². The van der Waals surface area contributed by atoms with Gasteiger partial charge >= 0.3 is 7.32 Å². The molecule has 0 aliphatic rings. The number of methoxy groups -OCH3 is 1. The van der Waals surface area contributed by atoms with Gasteiger partial charge < -0.3 is 28.7 Å². The van der Waals surface area contributed by atoms with Crippen molar-refractivity contribution in [1.82, 2.24) is 9.55 Å². The Hall–Kier alpha value is -1.55. The minimum Gasteiger partial charge on any atom is -0.509 e. The van der Waals surface area contributed by atoms with Crippen molar-refractivity contribution < 1.29 is 24.2 Å². The highest BCUT2D eigenvalue weighted by Crippen LogP contribution is 2.32. The standard InChI is InChI=1S/C15H25BN2O5Si/c1-11-17-12-8-15(23-16(19)20)14(21-2)9-13(12)18(11)10-22-6-7-24(3,4)5/h8-9,19-20H,6-7,10H2,1-5H3. The molecule has 0 radical (unpaired) electrons. The zero-order chi connectivity index (χ0) is 17.9. The molecule has 2 aromatic rings. The molecule has 0 saturated heterocycles. The average molecular weight is 352 g/mol. The summed E-state index contributed by atoms with van der Waals surface area (Å²) >= 11 is 0. The van der Waals surface area contributed by atoms with E-state index in [9.17, 15) is 0 Å². The van der Waals surface area contributed by atoms with Crippen LogP contribution in [-0.2, 0) is 11.5 Å². The summed E-state index contributed by atoms with van der Waals surface area (Å²) in [7, 11) is -1.53. The van der Waals surface area contributed by atoms with E-state index in [1.54, 1.807) is 12.1 Å². The van der Waals surface area contributed by atoms with Gasteiger partial charge in [0.1, 0.15) is 18.3 Å². The minimum absolute atomic E-state index is 0.226. The summed E-state index contributed by atoms with van der Waals surface area (Å²) in [6, 6.07) is 4.49. The van der Waals surface area contributed by atoms with Gasteiger partial charge in [-0.3, -0.25) is 0 Å². The van der Waals surface area contributed by atoms with Crippen molar-refractivity contribution in [1.29, 1.82) is 0 Å². The molecule has 2 rings (SSSR count). The maximum Gasteiger partial charge on any atom is 0.707 e. The largest absolute Gasteiger partial charge is 0.707 e. The zero-order valence-corrected chi connectivity index (χ0v) is 15.9. The van der Waals surface area contributed by atoms with E-state index in [2.05, 4.69) is 24.6 Å². The van der Waals surface area contributed by atoms with Gasteiger partial charge in [-0.1, -0.05) is 19.6 Å². The summed E-state index contributed by atoms with van der Waals surface area (Å²) in [5, 5.41) is 18.0. The number of aryl methyl sites for hydroxylation is 1. The quantitative estimate of drug-likeness (QED) is 0.558. The van der Waals surface area contributed by atoms with Crippen LogP contribution in [-0.4, -0.2) is 48.7 Å². The smallest absolute Gasteiger partial charge is 0.509 e. The van der Waals surface area contributed by atoms with Gasteiger partial charge in [0, 0.05) is 26.8 Å². The average Bonchev–Trinajstić information content (AvgIpc) is 2.76. The van der Waals surface area contributed by atoms with Crippen molar-refractivity contribution >= 4 is 26.4 Å². The predicted octanol–water partition coefficient (Wildman–Crippen LogP) is 2.01. The van der Waals surface area contributed by atoms with Crippen LogP contribution < -0.4 is 9.39 Å². The Morgan fingerprint density at radius 3 is 2.50 bits per heavy atom.